The monoisotopic (exact) mass is 136 g/mol. The average molecular weight is 136 g/mol. The van der Waals surface area contributed by atoms with E-state index in [0.717, 1.165) is 10.8 Å². The molecule has 0 nitrogen and oxygen atoms in total. The van der Waals surface area contributed by atoms with E-state index in [1.165, 1.54) is 0 Å². The second kappa shape index (κ2) is 1.44. The van der Waals surface area contributed by atoms with E-state index in [2.05, 4.69) is 0 Å². The molecule has 0 bridgehead atoms. The second-order valence-corrected chi connectivity index (χ2v) is 4.77. The first-order valence-corrected chi connectivity index (χ1v) is 4.87. The van der Waals surface area contributed by atoms with E-state index >= 15 is 0 Å². The van der Waals surface area contributed by atoms with Crippen LogP contribution in [0, 0.1) is 10.8 Å². The van der Waals surface area contributed by atoms with Crippen molar-refractivity contribution in [3.05, 3.63) is 0 Å². The highest BCUT2D eigenvalue weighted by atomic mass is 14.7. The van der Waals surface area contributed by atoms with Crippen molar-refractivity contribution in [2.24, 2.45) is 10.8 Å². The molecule has 3 aliphatic carbocycles. The summed E-state index contributed by atoms with van der Waals surface area (Å²) in [7, 11) is 0. The van der Waals surface area contributed by atoms with Gasteiger partial charge in [-0.05, 0) is 49.4 Å². The molecular formula is C10H16. The average Bonchev–Trinajstić information content (AvgIpc) is 2.72. The third-order valence-corrected chi connectivity index (χ3v) is 4.39. The van der Waals surface area contributed by atoms with Gasteiger partial charge in [-0.25, -0.2) is 0 Å². The first kappa shape index (κ1) is 5.62. The Morgan fingerprint density at radius 1 is 0.500 bits per heavy atom. The smallest absolute Gasteiger partial charge is 0.0241 e. The van der Waals surface area contributed by atoms with E-state index in [1.807, 2.05) is 0 Å². The van der Waals surface area contributed by atoms with Gasteiger partial charge in [0.05, 0.1) is 0 Å². The number of hydrogen-bond donors (Lipinski definition) is 0. The second-order valence-electron chi connectivity index (χ2n) is 4.77. The molecule has 3 rings (SSSR count). The van der Waals surface area contributed by atoms with Gasteiger partial charge in [0.2, 0.25) is 0 Å². The molecule has 3 aliphatic rings. The molecule has 0 aromatic carbocycles. The van der Waals surface area contributed by atoms with Gasteiger partial charge in [-0.3, -0.25) is 0 Å². The molecule has 0 unspecified atom stereocenters. The van der Waals surface area contributed by atoms with Crippen molar-refractivity contribution in [1.82, 2.24) is 0 Å². The summed E-state index contributed by atoms with van der Waals surface area (Å²) in [5.41, 5.74) is 1.87. The Kier molecular flexibility index (Phi) is 0.810. The van der Waals surface area contributed by atoms with Crippen LogP contribution in [0.3, 0.4) is 0 Å². The molecule has 0 heteroatoms. The number of hydrogen-bond acceptors (Lipinski definition) is 0. The first-order chi connectivity index (χ1) is 4.87. The fourth-order valence-corrected chi connectivity index (χ4v) is 3.32. The van der Waals surface area contributed by atoms with Crippen LogP contribution in [0.4, 0.5) is 0 Å². The number of fused-ring (bicyclic) bond motifs is 1. The van der Waals surface area contributed by atoms with E-state index < -0.39 is 0 Å². The van der Waals surface area contributed by atoms with Crippen molar-refractivity contribution in [3.8, 4) is 0 Å². The van der Waals surface area contributed by atoms with Gasteiger partial charge >= 0.3 is 0 Å². The van der Waals surface area contributed by atoms with E-state index in [9.17, 15) is 0 Å². The lowest BCUT2D eigenvalue weighted by Crippen LogP contribution is -2.21. The van der Waals surface area contributed by atoms with E-state index in [4.69, 9.17) is 0 Å². The normalized spacial score (nSPS) is 38.4. The Hall–Kier alpha value is 0. The van der Waals surface area contributed by atoms with Crippen LogP contribution in [0.1, 0.15) is 51.4 Å². The van der Waals surface area contributed by atoms with Gasteiger partial charge in [0.1, 0.15) is 0 Å². The molecule has 0 atom stereocenters. The minimum absolute atomic E-state index is 0.936. The lowest BCUT2D eigenvalue weighted by molar-refractivity contribution is 0.188. The molecule has 0 N–H and O–H groups in total. The summed E-state index contributed by atoms with van der Waals surface area (Å²) < 4.78 is 0. The van der Waals surface area contributed by atoms with Crippen molar-refractivity contribution < 1.29 is 0 Å². The summed E-state index contributed by atoms with van der Waals surface area (Å²) in [6, 6.07) is 0. The maximum atomic E-state index is 1.59. The Morgan fingerprint density at radius 3 is 1.20 bits per heavy atom. The van der Waals surface area contributed by atoms with Crippen LogP contribution in [0.2, 0.25) is 0 Å². The Bertz CT molecular complexity index is 141. The van der Waals surface area contributed by atoms with Gasteiger partial charge < -0.3 is 0 Å². The lowest BCUT2D eigenvalue weighted by Gasteiger charge is -2.31. The van der Waals surface area contributed by atoms with Crippen molar-refractivity contribution in [1.29, 1.82) is 0 Å². The SMILES string of the molecule is C1CCC2(CC2)C2(C1)CC2. The van der Waals surface area contributed by atoms with Crippen LogP contribution in [0.5, 0.6) is 0 Å². The Balaban J connectivity index is 1.91. The van der Waals surface area contributed by atoms with Crippen LogP contribution in [0.25, 0.3) is 0 Å². The predicted molar refractivity (Wildman–Crippen MR) is 41.8 cm³/mol. The summed E-state index contributed by atoms with van der Waals surface area (Å²) in [6.45, 7) is 0. The van der Waals surface area contributed by atoms with Gasteiger partial charge in [0, 0.05) is 0 Å². The van der Waals surface area contributed by atoms with Crippen LogP contribution in [-0.2, 0) is 0 Å². The third kappa shape index (κ3) is 0.500. The quantitative estimate of drug-likeness (QED) is 0.480. The van der Waals surface area contributed by atoms with E-state index in [-0.39, 0.29) is 0 Å². The molecule has 0 aromatic heterocycles. The highest BCUT2D eigenvalue weighted by Crippen LogP contribution is 2.75. The summed E-state index contributed by atoms with van der Waals surface area (Å²) >= 11 is 0. The van der Waals surface area contributed by atoms with Crippen molar-refractivity contribution >= 4 is 0 Å². The zero-order chi connectivity index (χ0) is 6.66. The molecular weight excluding hydrogens is 120 g/mol. The topological polar surface area (TPSA) is 0 Å². The lowest BCUT2D eigenvalue weighted by atomic mass is 9.73. The highest BCUT2D eigenvalue weighted by Gasteiger charge is 2.64. The Morgan fingerprint density at radius 2 is 0.900 bits per heavy atom. The largest absolute Gasteiger partial charge is 0.0527 e. The van der Waals surface area contributed by atoms with Gasteiger partial charge in [-0.2, -0.15) is 0 Å². The Labute approximate surface area is 63.0 Å². The zero-order valence-corrected chi connectivity index (χ0v) is 6.66. The molecule has 0 saturated heterocycles. The van der Waals surface area contributed by atoms with E-state index in [1.54, 1.807) is 51.4 Å². The van der Waals surface area contributed by atoms with Crippen molar-refractivity contribution in [3.63, 3.8) is 0 Å². The molecule has 3 fully saturated rings. The minimum atomic E-state index is 0.936. The minimum Gasteiger partial charge on any atom is -0.0527 e. The van der Waals surface area contributed by atoms with Crippen LogP contribution in [-0.4, -0.2) is 0 Å². The maximum absolute atomic E-state index is 1.59. The molecule has 0 heterocycles. The third-order valence-electron chi connectivity index (χ3n) is 4.39. The van der Waals surface area contributed by atoms with Crippen LogP contribution >= 0.6 is 0 Å². The summed E-state index contributed by atoms with van der Waals surface area (Å²) in [4.78, 5) is 0. The van der Waals surface area contributed by atoms with Crippen molar-refractivity contribution in [2.45, 2.75) is 51.4 Å². The summed E-state index contributed by atoms with van der Waals surface area (Å²) in [5.74, 6) is 0. The van der Waals surface area contributed by atoms with Gasteiger partial charge in [0.15, 0.2) is 0 Å². The molecule has 0 amide bonds. The van der Waals surface area contributed by atoms with E-state index in [0.29, 0.717) is 0 Å². The highest BCUT2D eigenvalue weighted by molar-refractivity contribution is 5.15. The molecule has 3 saturated carbocycles. The molecule has 2 spiro atoms. The summed E-state index contributed by atoms with van der Waals surface area (Å²) in [6.07, 6.45) is 12.6. The van der Waals surface area contributed by atoms with Gasteiger partial charge in [-0.1, -0.05) is 12.8 Å². The molecule has 0 aromatic rings. The fraction of sp³-hybridized carbons (Fsp3) is 1.00. The van der Waals surface area contributed by atoms with Gasteiger partial charge in [0.25, 0.3) is 0 Å². The molecule has 10 heavy (non-hydrogen) atoms. The van der Waals surface area contributed by atoms with Crippen molar-refractivity contribution in [2.75, 3.05) is 0 Å². The standard InChI is InChI=1S/C10H16/c1-2-4-10(7-8-10)9(3-1)5-6-9/h1-8H2. The van der Waals surface area contributed by atoms with Gasteiger partial charge in [-0.15, -0.1) is 0 Å². The summed E-state index contributed by atoms with van der Waals surface area (Å²) in [5, 5.41) is 0. The molecule has 0 aliphatic heterocycles. The molecule has 0 radical (unpaired) electrons. The predicted octanol–water partition coefficient (Wildman–Crippen LogP) is 3.12. The van der Waals surface area contributed by atoms with Crippen LogP contribution in [0.15, 0.2) is 0 Å². The maximum Gasteiger partial charge on any atom is -0.0241 e. The molecule has 56 valence electrons. The number of rotatable bonds is 0. The van der Waals surface area contributed by atoms with Crippen LogP contribution < -0.4 is 0 Å². The zero-order valence-electron chi connectivity index (χ0n) is 6.66. The first-order valence-electron chi connectivity index (χ1n) is 4.87. The fourth-order valence-electron chi connectivity index (χ4n) is 3.32.